The monoisotopic (exact) mass is 514 g/mol. The highest BCUT2D eigenvalue weighted by Crippen LogP contribution is 2.32. The zero-order valence-electron chi connectivity index (χ0n) is 23.2. The Balaban J connectivity index is 1.47. The van der Waals surface area contributed by atoms with E-state index in [-0.39, 0.29) is 11.9 Å². The summed E-state index contributed by atoms with van der Waals surface area (Å²) >= 11 is 0. The minimum Gasteiger partial charge on any atom is -0.496 e. The molecule has 1 aromatic carbocycles. The molecule has 0 spiro atoms. The smallest absolute Gasteiger partial charge is 0.253 e. The lowest BCUT2D eigenvalue weighted by molar-refractivity contribution is 0.0827. The van der Waals surface area contributed by atoms with E-state index in [1.807, 2.05) is 30.5 Å². The fourth-order valence-corrected chi connectivity index (χ4v) is 4.89. The van der Waals surface area contributed by atoms with Gasteiger partial charge in [0.25, 0.3) is 5.91 Å². The lowest BCUT2D eigenvalue weighted by Gasteiger charge is -2.28. The van der Waals surface area contributed by atoms with Crippen molar-refractivity contribution in [1.82, 2.24) is 25.6 Å². The number of hydrogen-bond donors (Lipinski definition) is 2. The maximum absolute atomic E-state index is 12.4. The number of aryl methyl sites for hydroxylation is 1. The minimum absolute atomic E-state index is 0.0287. The predicted octanol–water partition coefficient (Wildman–Crippen LogP) is 4.03. The summed E-state index contributed by atoms with van der Waals surface area (Å²) in [5, 5.41) is 0. The van der Waals surface area contributed by atoms with Gasteiger partial charge < -0.3 is 15.1 Å². The van der Waals surface area contributed by atoms with Crippen molar-refractivity contribution in [3.05, 3.63) is 82.2 Å². The van der Waals surface area contributed by atoms with Crippen LogP contribution in [0, 0.1) is 6.92 Å². The van der Waals surface area contributed by atoms with Gasteiger partial charge in [-0.1, -0.05) is 29.9 Å². The number of hydrazine groups is 1. The van der Waals surface area contributed by atoms with Crippen LogP contribution in [-0.4, -0.2) is 74.4 Å². The zero-order valence-corrected chi connectivity index (χ0v) is 23.2. The number of carbonyl (C=O) groups excluding carboxylic acids is 1. The second kappa shape index (κ2) is 12.2. The van der Waals surface area contributed by atoms with Crippen LogP contribution in [0.3, 0.4) is 0 Å². The van der Waals surface area contributed by atoms with Crippen LogP contribution >= 0.6 is 0 Å². The number of pyridine rings is 1. The van der Waals surface area contributed by atoms with E-state index in [0.717, 1.165) is 54.5 Å². The summed E-state index contributed by atoms with van der Waals surface area (Å²) < 4.78 is 5.65. The van der Waals surface area contributed by atoms with E-state index < -0.39 is 0 Å². The summed E-state index contributed by atoms with van der Waals surface area (Å²) in [6.07, 6.45) is 11.4. The molecule has 1 atom stereocenters. The van der Waals surface area contributed by atoms with Gasteiger partial charge in [0.15, 0.2) is 0 Å². The molecule has 0 radical (unpaired) electrons. The Labute approximate surface area is 225 Å². The molecule has 2 aliphatic rings. The number of amidine groups is 1. The Morgan fingerprint density at radius 1 is 1.32 bits per heavy atom. The molecule has 0 aliphatic carbocycles. The number of nitrogens with zero attached hydrogens (tertiary/aromatic N) is 4. The van der Waals surface area contributed by atoms with Crippen molar-refractivity contribution in [3.8, 4) is 5.75 Å². The Morgan fingerprint density at radius 3 is 2.76 bits per heavy atom. The third-order valence-corrected chi connectivity index (χ3v) is 6.96. The highest BCUT2D eigenvalue weighted by molar-refractivity contribution is 5.95. The summed E-state index contributed by atoms with van der Waals surface area (Å²) in [7, 11) is 6.94. The number of carbonyl (C=O) groups is 1. The first kappa shape index (κ1) is 27.3. The highest BCUT2D eigenvalue weighted by atomic mass is 16.5. The molecule has 4 rings (SSSR count). The molecule has 38 heavy (non-hydrogen) atoms. The molecule has 3 heterocycles. The summed E-state index contributed by atoms with van der Waals surface area (Å²) in [6.45, 7) is 6.93. The van der Waals surface area contributed by atoms with Gasteiger partial charge in [0.1, 0.15) is 11.6 Å². The molecule has 200 valence electrons. The molecular weight excluding hydrogens is 476 g/mol. The summed E-state index contributed by atoms with van der Waals surface area (Å²) in [5.74, 6) is 1.53. The van der Waals surface area contributed by atoms with E-state index >= 15 is 0 Å². The van der Waals surface area contributed by atoms with Crippen LogP contribution in [0.15, 0.2) is 59.3 Å². The van der Waals surface area contributed by atoms with Crippen molar-refractivity contribution < 1.29 is 9.53 Å². The first-order valence-corrected chi connectivity index (χ1v) is 12.9. The standard InChI is InChI=1S/C30H38N6O2/c1-20(17-26-21(2)32-14-11-25(26)27-9-10-29(31-3)34-33-27)19-36-15-12-22(13-16-36)24-8-7-23(18-28(24)38-6)30(37)35(4)5/h7-12,14,17-18,27,33H,13,15-16,19H2,1-6H3,(H,31,34)/b20-17+. The molecule has 2 N–H and O–H groups in total. The average molecular weight is 515 g/mol. The van der Waals surface area contributed by atoms with Crippen molar-refractivity contribution in [3.63, 3.8) is 0 Å². The number of ether oxygens (including phenoxy) is 1. The van der Waals surface area contributed by atoms with Gasteiger partial charge >= 0.3 is 0 Å². The molecule has 1 unspecified atom stereocenters. The van der Waals surface area contributed by atoms with E-state index in [0.29, 0.717) is 5.56 Å². The van der Waals surface area contributed by atoms with Crippen molar-refractivity contribution in [1.29, 1.82) is 0 Å². The predicted molar refractivity (Wildman–Crippen MR) is 154 cm³/mol. The topological polar surface area (TPSA) is 82.1 Å². The van der Waals surface area contributed by atoms with Gasteiger partial charge in [0, 0.05) is 69.4 Å². The van der Waals surface area contributed by atoms with Crippen LogP contribution in [-0.2, 0) is 0 Å². The zero-order chi connectivity index (χ0) is 27.2. The fraction of sp³-hybridized carbons (Fsp3) is 0.367. The van der Waals surface area contributed by atoms with E-state index in [1.54, 1.807) is 33.2 Å². The minimum atomic E-state index is -0.0287. The van der Waals surface area contributed by atoms with E-state index in [1.165, 1.54) is 16.7 Å². The Hall–Kier alpha value is -3.75. The Morgan fingerprint density at radius 2 is 2.13 bits per heavy atom. The first-order chi connectivity index (χ1) is 18.3. The molecule has 0 saturated heterocycles. The first-order valence-electron chi connectivity index (χ1n) is 12.9. The SMILES string of the molecule is CN=C1C=CC(c2ccnc(C)c2/C=C(\C)CN2CC=C(c3ccc(C(=O)N(C)C)cc3OC)CC2)NN1. The van der Waals surface area contributed by atoms with Gasteiger partial charge in [-0.2, -0.15) is 0 Å². The number of aliphatic imine (C=N–C) groups is 1. The molecule has 8 heteroatoms. The molecule has 1 aromatic heterocycles. The van der Waals surface area contributed by atoms with Crippen LogP contribution in [0.2, 0.25) is 0 Å². The number of rotatable bonds is 7. The molecular formula is C30H38N6O2. The summed E-state index contributed by atoms with van der Waals surface area (Å²) in [4.78, 5) is 25.1. The molecule has 8 nitrogen and oxygen atoms in total. The van der Waals surface area contributed by atoms with Gasteiger partial charge in [-0.3, -0.25) is 19.7 Å². The van der Waals surface area contributed by atoms with Crippen molar-refractivity contribution in [2.75, 3.05) is 47.9 Å². The van der Waals surface area contributed by atoms with Crippen molar-refractivity contribution in [2.45, 2.75) is 26.3 Å². The average Bonchev–Trinajstić information content (AvgIpc) is 2.94. The Kier molecular flexibility index (Phi) is 8.76. The molecule has 2 aliphatic heterocycles. The lowest BCUT2D eigenvalue weighted by atomic mass is 9.96. The summed E-state index contributed by atoms with van der Waals surface area (Å²) in [5.41, 5.74) is 14.1. The van der Waals surface area contributed by atoms with E-state index in [9.17, 15) is 4.79 Å². The van der Waals surface area contributed by atoms with Crippen molar-refractivity contribution in [2.24, 2.45) is 4.99 Å². The number of benzene rings is 1. The lowest BCUT2D eigenvalue weighted by Crippen LogP contribution is -2.42. The van der Waals surface area contributed by atoms with Gasteiger partial charge in [0.05, 0.1) is 13.2 Å². The van der Waals surface area contributed by atoms with Crippen LogP contribution in [0.25, 0.3) is 11.6 Å². The Bertz CT molecular complexity index is 1310. The maximum Gasteiger partial charge on any atom is 0.253 e. The molecule has 0 fully saturated rings. The number of aromatic nitrogens is 1. The number of amides is 1. The third kappa shape index (κ3) is 6.20. The molecule has 0 bridgehead atoms. The van der Waals surface area contributed by atoms with Crippen molar-refractivity contribution >= 4 is 23.4 Å². The molecule has 0 saturated carbocycles. The highest BCUT2D eigenvalue weighted by Gasteiger charge is 2.20. The maximum atomic E-state index is 12.4. The quantitative estimate of drug-likeness (QED) is 0.581. The second-order valence-corrected chi connectivity index (χ2v) is 9.93. The van der Waals surface area contributed by atoms with Gasteiger partial charge in [-0.25, -0.2) is 5.43 Å². The van der Waals surface area contributed by atoms with Crippen LogP contribution in [0.4, 0.5) is 0 Å². The van der Waals surface area contributed by atoms with Crippen LogP contribution < -0.4 is 15.6 Å². The molecule has 1 amide bonds. The normalized spacial score (nSPS) is 19.2. The fourth-order valence-electron chi connectivity index (χ4n) is 4.89. The van der Waals surface area contributed by atoms with Crippen LogP contribution in [0.1, 0.15) is 52.1 Å². The number of hydrogen-bond acceptors (Lipinski definition) is 6. The number of nitrogens with one attached hydrogen (secondary N) is 2. The summed E-state index contributed by atoms with van der Waals surface area (Å²) in [6, 6.07) is 7.84. The van der Waals surface area contributed by atoms with Gasteiger partial charge in [0.2, 0.25) is 0 Å². The van der Waals surface area contributed by atoms with Crippen LogP contribution in [0.5, 0.6) is 5.75 Å². The van der Waals surface area contributed by atoms with Gasteiger partial charge in [-0.15, -0.1) is 0 Å². The van der Waals surface area contributed by atoms with Gasteiger partial charge in [-0.05, 0) is 55.7 Å². The second-order valence-electron chi connectivity index (χ2n) is 9.93. The third-order valence-electron chi connectivity index (χ3n) is 6.96. The number of methoxy groups -OCH3 is 1. The van der Waals surface area contributed by atoms with E-state index in [2.05, 4.69) is 63.9 Å². The largest absolute Gasteiger partial charge is 0.496 e. The van der Waals surface area contributed by atoms with E-state index in [4.69, 9.17) is 4.74 Å². The molecule has 2 aromatic rings.